The Labute approximate surface area is 88.6 Å². The lowest BCUT2D eigenvalue weighted by molar-refractivity contribution is -0.217. The van der Waals surface area contributed by atoms with Crippen molar-refractivity contribution in [2.24, 2.45) is 0 Å². The van der Waals surface area contributed by atoms with E-state index >= 15 is 0 Å². The van der Waals surface area contributed by atoms with Gasteiger partial charge in [-0.15, -0.1) is 0 Å². The summed E-state index contributed by atoms with van der Waals surface area (Å²) >= 11 is 0. The highest BCUT2D eigenvalue weighted by Gasteiger charge is 2.56. The maximum atomic E-state index is 9.89. The van der Waals surface area contributed by atoms with E-state index in [1.807, 2.05) is 13.8 Å². The Kier molecular flexibility index (Phi) is 3.52. The first-order valence-electron chi connectivity index (χ1n) is 4.85. The molecule has 1 unspecified atom stereocenters. The van der Waals surface area contributed by atoms with Gasteiger partial charge < -0.3 is 25.2 Å². The molecule has 0 aromatic rings. The maximum absolute atomic E-state index is 9.89. The fourth-order valence-electron chi connectivity index (χ4n) is 1.48. The molecule has 1 aliphatic heterocycles. The molecule has 0 bridgehead atoms. The molecule has 0 radical (unpaired) electrons. The summed E-state index contributed by atoms with van der Waals surface area (Å²) in [5.41, 5.74) is -0.803. The lowest BCUT2D eigenvalue weighted by atomic mass is 9.93. The predicted molar refractivity (Wildman–Crippen MR) is 53.0 cm³/mol. The molecule has 0 aliphatic carbocycles. The summed E-state index contributed by atoms with van der Waals surface area (Å²) in [5.74, 6) is -1.81. The van der Waals surface area contributed by atoms with Gasteiger partial charge in [0.15, 0.2) is 5.79 Å². The SMILES string of the molecule is CC(C)=CC[C@@]1(O)OCC(O)(CO)[C@H]1O. The summed E-state index contributed by atoms with van der Waals surface area (Å²) < 4.78 is 4.96. The lowest BCUT2D eigenvalue weighted by Crippen LogP contribution is -2.52. The minimum absolute atomic E-state index is 0.0822. The van der Waals surface area contributed by atoms with Crippen LogP contribution in [0.25, 0.3) is 0 Å². The molecule has 5 heteroatoms. The topological polar surface area (TPSA) is 90.2 Å². The fourth-order valence-corrected chi connectivity index (χ4v) is 1.48. The monoisotopic (exact) mass is 218 g/mol. The van der Waals surface area contributed by atoms with Crippen molar-refractivity contribution in [2.45, 2.75) is 37.8 Å². The molecule has 1 fully saturated rings. The minimum Gasteiger partial charge on any atom is -0.393 e. The lowest BCUT2D eigenvalue weighted by Gasteiger charge is -2.28. The third-order valence-corrected chi connectivity index (χ3v) is 2.58. The number of ether oxygens (including phenoxy) is 1. The van der Waals surface area contributed by atoms with Gasteiger partial charge in [-0.25, -0.2) is 0 Å². The van der Waals surface area contributed by atoms with E-state index in [4.69, 9.17) is 9.84 Å². The van der Waals surface area contributed by atoms with Crippen LogP contribution in [0.1, 0.15) is 20.3 Å². The number of allylic oxidation sites excluding steroid dienone is 1. The summed E-state index contributed by atoms with van der Waals surface area (Å²) in [7, 11) is 0. The molecule has 1 heterocycles. The molecule has 5 nitrogen and oxygen atoms in total. The highest BCUT2D eigenvalue weighted by atomic mass is 16.7. The van der Waals surface area contributed by atoms with Crippen LogP contribution in [-0.2, 0) is 4.74 Å². The summed E-state index contributed by atoms with van der Waals surface area (Å²) in [5, 5.41) is 38.1. The number of aliphatic hydroxyl groups excluding tert-OH is 2. The van der Waals surface area contributed by atoms with Gasteiger partial charge in [0, 0.05) is 6.42 Å². The van der Waals surface area contributed by atoms with Crippen LogP contribution in [-0.4, -0.2) is 51.1 Å². The Balaban J connectivity index is 2.76. The van der Waals surface area contributed by atoms with Gasteiger partial charge in [0.25, 0.3) is 0 Å². The zero-order chi connectivity index (χ0) is 11.7. The molecular weight excluding hydrogens is 200 g/mol. The van der Waals surface area contributed by atoms with E-state index in [1.165, 1.54) is 0 Å². The van der Waals surface area contributed by atoms with Crippen molar-refractivity contribution >= 4 is 0 Å². The summed E-state index contributed by atoms with van der Waals surface area (Å²) in [4.78, 5) is 0. The third kappa shape index (κ3) is 2.38. The quantitative estimate of drug-likeness (QED) is 0.463. The minimum atomic E-state index is -1.81. The first-order chi connectivity index (χ1) is 6.84. The second-order valence-electron chi connectivity index (χ2n) is 4.28. The van der Waals surface area contributed by atoms with Crippen LogP contribution in [0.4, 0.5) is 0 Å². The number of aliphatic hydroxyl groups is 4. The van der Waals surface area contributed by atoms with Gasteiger partial charge in [0.2, 0.25) is 0 Å². The number of hydrogen-bond acceptors (Lipinski definition) is 5. The van der Waals surface area contributed by atoms with Gasteiger partial charge in [-0.05, 0) is 13.8 Å². The molecule has 15 heavy (non-hydrogen) atoms. The molecular formula is C10H18O5. The number of rotatable bonds is 3. The highest BCUT2D eigenvalue weighted by Crippen LogP contribution is 2.34. The highest BCUT2D eigenvalue weighted by molar-refractivity contribution is 5.05. The molecule has 0 aromatic heterocycles. The van der Waals surface area contributed by atoms with E-state index in [0.29, 0.717) is 0 Å². The number of hydrogen-bond donors (Lipinski definition) is 4. The molecule has 4 N–H and O–H groups in total. The smallest absolute Gasteiger partial charge is 0.198 e. The molecule has 0 amide bonds. The largest absolute Gasteiger partial charge is 0.393 e. The second kappa shape index (κ2) is 4.19. The fraction of sp³-hybridized carbons (Fsp3) is 0.800. The molecule has 88 valence electrons. The van der Waals surface area contributed by atoms with E-state index in [1.54, 1.807) is 6.08 Å². The van der Waals surface area contributed by atoms with Crippen molar-refractivity contribution in [1.82, 2.24) is 0 Å². The van der Waals surface area contributed by atoms with Crippen molar-refractivity contribution in [2.75, 3.05) is 13.2 Å². The standard InChI is InChI=1S/C10H18O5/c1-7(2)3-4-10(14)8(12)9(13,5-11)6-15-10/h3,8,11-14H,4-6H2,1-2H3/t8-,9?,10-/m1/s1. The average Bonchev–Trinajstić information content (AvgIpc) is 2.42. The second-order valence-corrected chi connectivity index (χ2v) is 4.28. The van der Waals surface area contributed by atoms with Crippen LogP contribution in [0, 0.1) is 0 Å². The van der Waals surface area contributed by atoms with Crippen molar-refractivity contribution in [3.05, 3.63) is 11.6 Å². The normalized spacial score (nSPS) is 40.5. The molecule has 1 rings (SSSR count). The van der Waals surface area contributed by atoms with E-state index in [9.17, 15) is 15.3 Å². The van der Waals surface area contributed by atoms with Crippen LogP contribution in [0.2, 0.25) is 0 Å². The Hall–Kier alpha value is -0.460. The van der Waals surface area contributed by atoms with Crippen molar-refractivity contribution in [1.29, 1.82) is 0 Å². The summed E-state index contributed by atoms with van der Waals surface area (Å²) in [6, 6.07) is 0. The van der Waals surface area contributed by atoms with E-state index in [0.717, 1.165) is 5.57 Å². The first kappa shape index (κ1) is 12.6. The molecule has 1 aliphatic rings. The Morgan fingerprint density at radius 1 is 1.47 bits per heavy atom. The van der Waals surface area contributed by atoms with Gasteiger partial charge >= 0.3 is 0 Å². The van der Waals surface area contributed by atoms with Gasteiger partial charge in [0.1, 0.15) is 11.7 Å². The predicted octanol–water partition coefficient (Wildman–Crippen LogP) is -0.854. The zero-order valence-electron chi connectivity index (χ0n) is 8.97. The van der Waals surface area contributed by atoms with Gasteiger partial charge in [-0.3, -0.25) is 0 Å². The van der Waals surface area contributed by atoms with Gasteiger partial charge in [0.05, 0.1) is 13.2 Å². The van der Waals surface area contributed by atoms with Crippen molar-refractivity contribution in [3.8, 4) is 0 Å². The van der Waals surface area contributed by atoms with Crippen LogP contribution < -0.4 is 0 Å². The van der Waals surface area contributed by atoms with Crippen molar-refractivity contribution in [3.63, 3.8) is 0 Å². The third-order valence-electron chi connectivity index (χ3n) is 2.58. The Bertz CT molecular complexity index is 261. The van der Waals surface area contributed by atoms with Crippen LogP contribution in [0.5, 0.6) is 0 Å². The average molecular weight is 218 g/mol. The molecule has 3 atom stereocenters. The van der Waals surface area contributed by atoms with Crippen LogP contribution >= 0.6 is 0 Å². The van der Waals surface area contributed by atoms with Gasteiger partial charge in [-0.2, -0.15) is 0 Å². The molecule has 0 spiro atoms. The van der Waals surface area contributed by atoms with E-state index < -0.39 is 24.1 Å². The molecule has 1 saturated heterocycles. The molecule has 0 saturated carbocycles. The summed E-state index contributed by atoms with van der Waals surface area (Å²) in [6.07, 6.45) is 0.274. The Morgan fingerprint density at radius 3 is 2.47 bits per heavy atom. The zero-order valence-corrected chi connectivity index (χ0v) is 8.97. The maximum Gasteiger partial charge on any atom is 0.198 e. The van der Waals surface area contributed by atoms with Gasteiger partial charge in [-0.1, -0.05) is 11.6 Å². The van der Waals surface area contributed by atoms with E-state index in [2.05, 4.69) is 0 Å². The first-order valence-corrected chi connectivity index (χ1v) is 4.85. The Morgan fingerprint density at radius 2 is 2.07 bits per heavy atom. The summed E-state index contributed by atoms with van der Waals surface area (Å²) in [6.45, 7) is 2.77. The van der Waals surface area contributed by atoms with Crippen LogP contribution in [0.15, 0.2) is 11.6 Å². The van der Waals surface area contributed by atoms with Crippen LogP contribution in [0.3, 0.4) is 0 Å². The van der Waals surface area contributed by atoms with Crippen molar-refractivity contribution < 1.29 is 25.2 Å². The molecule has 0 aromatic carbocycles. The van der Waals surface area contributed by atoms with E-state index in [-0.39, 0.29) is 13.0 Å².